The van der Waals surface area contributed by atoms with Crippen molar-refractivity contribution >= 4 is 17.5 Å². The summed E-state index contributed by atoms with van der Waals surface area (Å²) in [6, 6.07) is 0. The lowest BCUT2D eigenvalue weighted by Gasteiger charge is -2.20. The van der Waals surface area contributed by atoms with E-state index in [1.165, 1.54) is 19.3 Å². The van der Waals surface area contributed by atoms with Gasteiger partial charge in [-0.3, -0.25) is 9.78 Å². The lowest BCUT2D eigenvalue weighted by Crippen LogP contribution is -2.33. The number of nitrogens with one attached hydrogen (secondary N) is 1. The van der Waals surface area contributed by atoms with Gasteiger partial charge in [0, 0.05) is 18.3 Å². The number of rotatable bonds is 3. The van der Waals surface area contributed by atoms with E-state index in [2.05, 4.69) is 15.3 Å². The van der Waals surface area contributed by atoms with Gasteiger partial charge in [0.15, 0.2) is 5.15 Å². The maximum absolute atomic E-state index is 12.1. The van der Waals surface area contributed by atoms with Gasteiger partial charge < -0.3 is 5.32 Å². The average molecular weight is 266 g/mol. The zero-order chi connectivity index (χ0) is 12.5. The summed E-state index contributed by atoms with van der Waals surface area (Å²) >= 11 is 5.91. The molecule has 2 bridgehead atoms. The Morgan fingerprint density at radius 3 is 2.83 bits per heavy atom. The van der Waals surface area contributed by atoms with Crippen molar-refractivity contribution in [1.82, 2.24) is 15.3 Å². The molecule has 1 unspecified atom stereocenters. The number of aromatic nitrogens is 2. The fourth-order valence-corrected chi connectivity index (χ4v) is 3.51. The third-order valence-corrected chi connectivity index (χ3v) is 4.54. The third kappa shape index (κ3) is 2.21. The summed E-state index contributed by atoms with van der Waals surface area (Å²) in [6.45, 7) is 0.374. The van der Waals surface area contributed by atoms with Crippen LogP contribution in [0.15, 0.2) is 12.4 Å². The zero-order valence-electron chi connectivity index (χ0n) is 10.1. The number of carbonyl (C=O) groups is 1. The molecule has 0 aromatic carbocycles. The van der Waals surface area contributed by atoms with Crippen LogP contribution in [-0.4, -0.2) is 15.9 Å². The molecule has 96 valence electrons. The van der Waals surface area contributed by atoms with Gasteiger partial charge in [0.05, 0.1) is 12.2 Å². The molecule has 5 heteroatoms. The van der Waals surface area contributed by atoms with Crippen molar-refractivity contribution in [3.8, 4) is 0 Å². The van der Waals surface area contributed by atoms with Gasteiger partial charge in [-0.1, -0.05) is 18.0 Å². The summed E-state index contributed by atoms with van der Waals surface area (Å²) in [4.78, 5) is 20.2. The van der Waals surface area contributed by atoms with E-state index < -0.39 is 0 Å². The largest absolute Gasteiger partial charge is 0.350 e. The highest BCUT2D eigenvalue weighted by Gasteiger charge is 2.42. The monoisotopic (exact) mass is 265 g/mol. The van der Waals surface area contributed by atoms with Crippen molar-refractivity contribution in [2.75, 3.05) is 0 Å². The number of carbonyl (C=O) groups excluding carboxylic acids is 1. The maximum atomic E-state index is 12.1. The summed E-state index contributed by atoms with van der Waals surface area (Å²) in [6.07, 6.45) is 7.96. The standard InChI is InChI=1S/C13H16ClN3O/c14-12-11(15-3-4-16-12)7-17-13(18)10-6-8-1-2-9(10)5-8/h3-4,8-10H,1-2,5-7H2,(H,17,18)/t8-,9+,10?/m1/s1. The first-order chi connectivity index (χ1) is 8.74. The molecule has 0 aliphatic heterocycles. The highest BCUT2D eigenvalue weighted by molar-refractivity contribution is 6.29. The maximum Gasteiger partial charge on any atom is 0.223 e. The predicted octanol–water partition coefficient (Wildman–Crippen LogP) is 2.18. The zero-order valence-corrected chi connectivity index (χ0v) is 10.9. The predicted molar refractivity (Wildman–Crippen MR) is 67.8 cm³/mol. The van der Waals surface area contributed by atoms with Gasteiger partial charge in [-0.2, -0.15) is 0 Å². The van der Waals surface area contributed by atoms with Crippen molar-refractivity contribution in [3.05, 3.63) is 23.2 Å². The Labute approximate surface area is 111 Å². The fourth-order valence-electron chi connectivity index (χ4n) is 3.34. The molecule has 1 aromatic rings. The van der Waals surface area contributed by atoms with Crippen molar-refractivity contribution in [2.45, 2.75) is 32.2 Å². The van der Waals surface area contributed by atoms with Crippen LogP contribution in [0.25, 0.3) is 0 Å². The van der Waals surface area contributed by atoms with Crippen molar-refractivity contribution in [1.29, 1.82) is 0 Å². The van der Waals surface area contributed by atoms with Crippen LogP contribution in [0.5, 0.6) is 0 Å². The summed E-state index contributed by atoms with van der Waals surface area (Å²) in [5.41, 5.74) is 0.635. The Kier molecular flexibility index (Phi) is 3.20. The molecule has 18 heavy (non-hydrogen) atoms. The van der Waals surface area contributed by atoms with Crippen molar-refractivity contribution < 1.29 is 4.79 Å². The van der Waals surface area contributed by atoms with E-state index in [1.54, 1.807) is 12.4 Å². The highest BCUT2D eigenvalue weighted by atomic mass is 35.5. The minimum absolute atomic E-state index is 0.156. The SMILES string of the molecule is O=C(NCc1nccnc1Cl)C1C[C@@H]2CC[C@H]1C2. The van der Waals surface area contributed by atoms with E-state index in [-0.39, 0.29) is 11.8 Å². The molecule has 0 radical (unpaired) electrons. The summed E-state index contributed by atoms with van der Waals surface area (Å²) in [5, 5.41) is 3.31. The van der Waals surface area contributed by atoms with Crippen LogP contribution >= 0.6 is 11.6 Å². The van der Waals surface area contributed by atoms with Gasteiger partial charge in [-0.15, -0.1) is 0 Å². The molecular weight excluding hydrogens is 250 g/mol. The lowest BCUT2D eigenvalue weighted by molar-refractivity contribution is -0.126. The Morgan fingerprint density at radius 2 is 2.17 bits per heavy atom. The second kappa shape index (κ2) is 4.84. The first kappa shape index (κ1) is 11.9. The summed E-state index contributed by atoms with van der Waals surface area (Å²) in [7, 11) is 0. The quantitative estimate of drug-likeness (QED) is 0.911. The Hall–Kier alpha value is -1.16. The second-order valence-corrected chi connectivity index (χ2v) is 5.65. The van der Waals surface area contributed by atoms with Gasteiger partial charge >= 0.3 is 0 Å². The molecular formula is C13H16ClN3O. The van der Waals surface area contributed by atoms with E-state index in [9.17, 15) is 4.79 Å². The minimum atomic E-state index is 0.156. The number of fused-ring (bicyclic) bond motifs is 2. The van der Waals surface area contributed by atoms with Crippen LogP contribution in [0.1, 0.15) is 31.4 Å². The molecule has 1 N–H and O–H groups in total. The number of hydrogen-bond acceptors (Lipinski definition) is 3. The third-order valence-electron chi connectivity index (χ3n) is 4.23. The molecule has 1 aromatic heterocycles. The molecule has 4 nitrogen and oxygen atoms in total. The average Bonchev–Trinajstić information content (AvgIpc) is 2.99. The van der Waals surface area contributed by atoms with Crippen molar-refractivity contribution in [3.63, 3.8) is 0 Å². The van der Waals surface area contributed by atoms with Crippen LogP contribution in [0, 0.1) is 17.8 Å². The van der Waals surface area contributed by atoms with Crippen molar-refractivity contribution in [2.24, 2.45) is 17.8 Å². The Balaban J connectivity index is 1.58. The fraction of sp³-hybridized carbons (Fsp3) is 0.615. The summed E-state index contributed by atoms with van der Waals surface area (Å²) < 4.78 is 0. The molecule has 3 atom stereocenters. The van der Waals surface area contributed by atoms with Gasteiger partial charge in [0.2, 0.25) is 5.91 Å². The minimum Gasteiger partial charge on any atom is -0.350 e. The van der Waals surface area contributed by atoms with Gasteiger partial charge in [0.25, 0.3) is 0 Å². The molecule has 1 heterocycles. The number of nitrogens with zero attached hydrogens (tertiary/aromatic N) is 2. The smallest absolute Gasteiger partial charge is 0.223 e. The van der Waals surface area contributed by atoms with Crippen LogP contribution in [-0.2, 0) is 11.3 Å². The van der Waals surface area contributed by atoms with Crippen LogP contribution in [0.3, 0.4) is 0 Å². The number of hydrogen-bond donors (Lipinski definition) is 1. The topological polar surface area (TPSA) is 54.9 Å². The van der Waals surface area contributed by atoms with E-state index in [4.69, 9.17) is 11.6 Å². The van der Waals surface area contributed by atoms with E-state index in [1.807, 2.05) is 0 Å². The normalized spacial score (nSPS) is 29.5. The van der Waals surface area contributed by atoms with Gasteiger partial charge in [0.1, 0.15) is 0 Å². The van der Waals surface area contributed by atoms with E-state index >= 15 is 0 Å². The molecule has 1 amide bonds. The molecule has 2 aliphatic rings. The highest BCUT2D eigenvalue weighted by Crippen LogP contribution is 2.48. The molecule has 2 aliphatic carbocycles. The molecule has 2 saturated carbocycles. The summed E-state index contributed by atoms with van der Waals surface area (Å²) in [5.74, 6) is 1.75. The van der Waals surface area contributed by atoms with Gasteiger partial charge in [-0.05, 0) is 31.1 Å². The van der Waals surface area contributed by atoms with Crippen LogP contribution in [0.2, 0.25) is 5.15 Å². The second-order valence-electron chi connectivity index (χ2n) is 5.29. The van der Waals surface area contributed by atoms with E-state index in [0.717, 1.165) is 12.3 Å². The van der Waals surface area contributed by atoms with Gasteiger partial charge in [-0.25, -0.2) is 4.98 Å². The lowest BCUT2D eigenvalue weighted by atomic mass is 9.88. The molecule has 2 fully saturated rings. The van der Waals surface area contributed by atoms with Crippen LogP contribution in [0.4, 0.5) is 0 Å². The molecule has 0 saturated heterocycles. The molecule has 3 rings (SSSR count). The Morgan fingerprint density at radius 1 is 1.33 bits per heavy atom. The first-order valence-electron chi connectivity index (χ1n) is 6.47. The van der Waals surface area contributed by atoms with E-state index in [0.29, 0.717) is 23.3 Å². The number of amides is 1. The number of halogens is 1. The van der Waals surface area contributed by atoms with Crippen LogP contribution < -0.4 is 5.32 Å². The first-order valence-corrected chi connectivity index (χ1v) is 6.85. The molecule has 0 spiro atoms. The Bertz CT molecular complexity index is 465.